The minimum Gasteiger partial charge on any atom is -0.493 e. The van der Waals surface area contributed by atoms with E-state index >= 15 is 0 Å². The summed E-state index contributed by atoms with van der Waals surface area (Å²) in [6.07, 6.45) is 2.47. The molecule has 0 aliphatic carbocycles. The van der Waals surface area contributed by atoms with Crippen LogP contribution in [-0.4, -0.2) is 45.8 Å². The minimum atomic E-state index is -0.488. The van der Waals surface area contributed by atoms with Crippen LogP contribution in [0, 0.1) is 6.92 Å². The molecule has 1 amide bonds. The monoisotopic (exact) mass is 412 g/mol. The van der Waals surface area contributed by atoms with Crippen LogP contribution in [-0.2, 0) is 20.7 Å². The first-order chi connectivity index (χ1) is 14.5. The molecular formula is C23H28N2O5. The van der Waals surface area contributed by atoms with Gasteiger partial charge in [-0.25, -0.2) is 0 Å². The van der Waals surface area contributed by atoms with Gasteiger partial charge in [0.2, 0.25) is 0 Å². The van der Waals surface area contributed by atoms with E-state index in [9.17, 15) is 9.59 Å². The zero-order valence-corrected chi connectivity index (χ0v) is 17.7. The van der Waals surface area contributed by atoms with Crippen molar-refractivity contribution >= 4 is 23.3 Å². The highest BCUT2D eigenvalue weighted by Crippen LogP contribution is 2.28. The van der Waals surface area contributed by atoms with Crippen LogP contribution in [0.25, 0.3) is 0 Å². The van der Waals surface area contributed by atoms with Gasteiger partial charge in [-0.05, 0) is 61.2 Å². The van der Waals surface area contributed by atoms with E-state index in [1.54, 1.807) is 25.3 Å². The summed E-state index contributed by atoms with van der Waals surface area (Å²) in [5, 5.41) is 2.81. The van der Waals surface area contributed by atoms with Crippen LogP contribution < -0.4 is 19.7 Å². The van der Waals surface area contributed by atoms with Gasteiger partial charge in [-0.2, -0.15) is 0 Å². The number of hydrogen-bond donors (Lipinski definition) is 1. The van der Waals surface area contributed by atoms with Crippen LogP contribution in [0.3, 0.4) is 0 Å². The molecule has 1 fully saturated rings. The van der Waals surface area contributed by atoms with Crippen molar-refractivity contribution in [1.29, 1.82) is 0 Å². The second-order valence-corrected chi connectivity index (χ2v) is 7.27. The van der Waals surface area contributed by atoms with Gasteiger partial charge in [0, 0.05) is 24.5 Å². The van der Waals surface area contributed by atoms with Gasteiger partial charge in [-0.15, -0.1) is 0 Å². The Morgan fingerprint density at radius 2 is 1.73 bits per heavy atom. The Morgan fingerprint density at radius 1 is 1.00 bits per heavy atom. The Balaban J connectivity index is 1.50. The number of ether oxygens (including phenoxy) is 3. The predicted octanol–water partition coefficient (Wildman–Crippen LogP) is 3.34. The van der Waals surface area contributed by atoms with Crippen LogP contribution in [0.2, 0.25) is 0 Å². The molecule has 30 heavy (non-hydrogen) atoms. The third kappa shape index (κ3) is 5.43. The number of carbonyl (C=O) groups excluding carboxylic acids is 2. The maximum Gasteiger partial charge on any atom is 0.310 e. The molecule has 0 bridgehead atoms. The van der Waals surface area contributed by atoms with E-state index in [0.29, 0.717) is 17.1 Å². The number of aryl methyl sites for hydroxylation is 1. The summed E-state index contributed by atoms with van der Waals surface area (Å²) in [7, 11) is 3.08. The third-order valence-electron chi connectivity index (χ3n) is 5.12. The summed E-state index contributed by atoms with van der Waals surface area (Å²) >= 11 is 0. The van der Waals surface area contributed by atoms with Crippen molar-refractivity contribution in [3.63, 3.8) is 0 Å². The zero-order valence-electron chi connectivity index (χ0n) is 17.7. The van der Waals surface area contributed by atoms with Crippen molar-refractivity contribution in [2.45, 2.75) is 26.2 Å². The molecule has 0 aromatic heterocycles. The van der Waals surface area contributed by atoms with Crippen molar-refractivity contribution in [1.82, 2.24) is 0 Å². The number of esters is 1. The molecule has 160 valence electrons. The molecule has 0 radical (unpaired) electrons. The van der Waals surface area contributed by atoms with Crippen LogP contribution in [0.15, 0.2) is 36.4 Å². The van der Waals surface area contributed by atoms with Gasteiger partial charge in [-0.1, -0.05) is 6.07 Å². The lowest BCUT2D eigenvalue weighted by molar-refractivity contribution is -0.146. The molecule has 0 unspecified atom stereocenters. The van der Waals surface area contributed by atoms with Gasteiger partial charge in [0.05, 0.1) is 20.6 Å². The summed E-state index contributed by atoms with van der Waals surface area (Å²) in [5.41, 5.74) is 3.58. The number of hydrogen-bond acceptors (Lipinski definition) is 6. The molecule has 2 aromatic rings. The Hall–Kier alpha value is -3.22. The number of nitrogens with zero attached hydrogens (tertiary/aromatic N) is 1. The Labute approximate surface area is 176 Å². The van der Waals surface area contributed by atoms with E-state index in [0.717, 1.165) is 24.3 Å². The Kier molecular flexibility index (Phi) is 7.17. The number of rotatable bonds is 8. The van der Waals surface area contributed by atoms with Gasteiger partial charge in [0.1, 0.15) is 0 Å². The largest absolute Gasteiger partial charge is 0.493 e. The Bertz CT molecular complexity index is 906. The molecule has 3 rings (SSSR count). The molecule has 1 aliphatic rings. The first-order valence-electron chi connectivity index (χ1n) is 10.0. The van der Waals surface area contributed by atoms with Crippen molar-refractivity contribution in [3.8, 4) is 11.5 Å². The number of carbonyl (C=O) groups is 2. The molecule has 2 aromatic carbocycles. The quantitative estimate of drug-likeness (QED) is 0.670. The minimum absolute atomic E-state index is 0.0389. The lowest BCUT2D eigenvalue weighted by atomic mass is 10.1. The standard InChI is InChI=1S/C23H28N2O5/c1-16-12-18(25-10-4-5-11-25)7-8-19(16)24-22(26)15-30-23(27)14-17-6-9-20(28-2)21(13-17)29-3/h6-9,12-13H,4-5,10-11,14-15H2,1-3H3,(H,24,26). The molecule has 1 heterocycles. The molecule has 7 heteroatoms. The maximum atomic E-state index is 12.2. The maximum absolute atomic E-state index is 12.2. The molecule has 0 atom stereocenters. The highest BCUT2D eigenvalue weighted by atomic mass is 16.5. The first kappa shape index (κ1) is 21.5. The van der Waals surface area contributed by atoms with Gasteiger partial charge >= 0.3 is 5.97 Å². The number of anilines is 2. The lowest BCUT2D eigenvalue weighted by Crippen LogP contribution is -2.22. The summed E-state index contributed by atoms with van der Waals surface area (Å²) in [6.45, 7) is 3.76. The predicted molar refractivity (Wildman–Crippen MR) is 115 cm³/mol. The second kappa shape index (κ2) is 10.0. The highest BCUT2D eigenvalue weighted by molar-refractivity contribution is 5.93. The zero-order chi connectivity index (χ0) is 21.5. The number of methoxy groups -OCH3 is 2. The third-order valence-corrected chi connectivity index (χ3v) is 5.12. The molecular weight excluding hydrogens is 384 g/mol. The van der Waals surface area contributed by atoms with Gasteiger partial charge in [0.25, 0.3) is 5.91 Å². The molecule has 0 saturated carbocycles. The number of benzene rings is 2. The molecule has 1 N–H and O–H groups in total. The average Bonchev–Trinajstić information content (AvgIpc) is 3.28. The fraction of sp³-hybridized carbons (Fsp3) is 0.391. The first-order valence-corrected chi connectivity index (χ1v) is 10.0. The number of nitrogens with one attached hydrogen (secondary N) is 1. The van der Waals surface area contributed by atoms with Gasteiger partial charge < -0.3 is 24.4 Å². The number of amides is 1. The smallest absolute Gasteiger partial charge is 0.310 e. The molecule has 0 spiro atoms. The van der Waals surface area contributed by atoms with Crippen molar-refractivity contribution in [2.24, 2.45) is 0 Å². The summed E-state index contributed by atoms with van der Waals surface area (Å²) in [5.74, 6) is 0.264. The van der Waals surface area contributed by atoms with E-state index in [-0.39, 0.29) is 18.9 Å². The second-order valence-electron chi connectivity index (χ2n) is 7.27. The molecule has 1 aliphatic heterocycles. The summed E-state index contributed by atoms with van der Waals surface area (Å²) in [4.78, 5) is 26.7. The SMILES string of the molecule is COc1ccc(CC(=O)OCC(=O)Nc2ccc(N3CCCC3)cc2C)cc1OC. The fourth-order valence-corrected chi connectivity index (χ4v) is 3.50. The Morgan fingerprint density at radius 3 is 2.40 bits per heavy atom. The van der Waals surface area contributed by atoms with Gasteiger partial charge in [0.15, 0.2) is 18.1 Å². The van der Waals surface area contributed by atoms with Crippen LogP contribution in [0.1, 0.15) is 24.0 Å². The van der Waals surface area contributed by atoms with Crippen LogP contribution >= 0.6 is 0 Å². The topological polar surface area (TPSA) is 77.1 Å². The fourth-order valence-electron chi connectivity index (χ4n) is 3.50. The van der Waals surface area contributed by atoms with Crippen LogP contribution in [0.5, 0.6) is 11.5 Å². The van der Waals surface area contributed by atoms with Crippen molar-refractivity contribution in [3.05, 3.63) is 47.5 Å². The van der Waals surface area contributed by atoms with Crippen molar-refractivity contribution < 1.29 is 23.8 Å². The molecule has 1 saturated heterocycles. The van der Waals surface area contributed by atoms with E-state index in [1.807, 2.05) is 19.1 Å². The van der Waals surface area contributed by atoms with E-state index in [2.05, 4.69) is 16.3 Å². The highest BCUT2D eigenvalue weighted by Gasteiger charge is 2.15. The normalized spacial score (nSPS) is 13.1. The molecule has 7 nitrogen and oxygen atoms in total. The van der Waals surface area contributed by atoms with E-state index in [4.69, 9.17) is 14.2 Å². The van der Waals surface area contributed by atoms with Crippen LogP contribution in [0.4, 0.5) is 11.4 Å². The lowest BCUT2D eigenvalue weighted by Gasteiger charge is -2.19. The summed E-state index contributed by atoms with van der Waals surface area (Å²) < 4.78 is 15.5. The van der Waals surface area contributed by atoms with Gasteiger partial charge in [-0.3, -0.25) is 9.59 Å². The van der Waals surface area contributed by atoms with Crippen molar-refractivity contribution in [2.75, 3.05) is 44.1 Å². The van der Waals surface area contributed by atoms with E-state index < -0.39 is 5.97 Å². The average molecular weight is 412 g/mol. The summed E-state index contributed by atoms with van der Waals surface area (Å²) in [6, 6.07) is 11.2. The van der Waals surface area contributed by atoms with E-state index in [1.165, 1.54) is 25.6 Å².